The van der Waals surface area contributed by atoms with Gasteiger partial charge in [-0.3, -0.25) is 0 Å². The summed E-state index contributed by atoms with van der Waals surface area (Å²) in [6, 6.07) is 10.3. The van der Waals surface area contributed by atoms with Crippen molar-refractivity contribution in [2.24, 2.45) is 0 Å². The second-order valence-electron chi connectivity index (χ2n) is 5.14. The Morgan fingerprint density at radius 3 is 2.62 bits per heavy atom. The Kier molecular flexibility index (Phi) is 10.1. The molecule has 0 bridgehead atoms. The molecule has 1 aromatic carbocycles. The smallest absolute Gasteiger partial charge is 0.0845 e. The van der Waals surface area contributed by atoms with Crippen molar-refractivity contribution >= 4 is 11.8 Å². The topological polar surface area (TPSA) is 29.5 Å². The molecule has 0 saturated carbocycles. The molecule has 0 aromatic heterocycles. The molecule has 0 aliphatic rings. The molecule has 0 radical (unpaired) electrons. The number of aliphatic hydroxyl groups is 1. The van der Waals surface area contributed by atoms with Gasteiger partial charge < -0.3 is 9.84 Å². The number of aliphatic hydroxyl groups excluding tert-OH is 1. The molecule has 0 fully saturated rings. The van der Waals surface area contributed by atoms with Gasteiger partial charge in [-0.15, -0.1) is 11.8 Å². The molecule has 0 aliphatic carbocycles. The lowest BCUT2D eigenvalue weighted by Crippen LogP contribution is -2.14. The Labute approximate surface area is 133 Å². The summed E-state index contributed by atoms with van der Waals surface area (Å²) < 4.78 is 5.31. The Morgan fingerprint density at radius 1 is 1.19 bits per heavy atom. The highest BCUT2D eigenvalue weighted by Gasteiger charge is 2.13. The standard InChI is InChI=1S/C18H28O2S/c1-3-5-7-10-16(19)15-18(13-14-20-4-2)21-17-11-8-6-9-12-17/h6,8-9,11-14,16,18-19H,3-5,7,10,15H2,1-2H3. The fourth-order valence-electron chi connectivity index (χ4n) is 2.10. The van der Waals surface area contributed by atoms with Gasteiger partial charge in [-0.25, -0.2) is 0 Å². The van der Waals surface area contributed by atoms with Crippen molar-refractivity contribution in [2.45, 2.75) is 62.2 Å². The van der Waals surface area contributed by atoms with E-state index in [2.05, 4.69) is 25.1 Å². The van der Waals surface area contributed by atoms with Crippen LogP contribution in [-0.2, 0) is 4.74 Å². The summed E-state index contributed by atoms with van der Waals surface area (Å²) in [6.07, 6.45) is 8.75. The highest BCUT2D eigenvalue weighted by atomic mass is 32.2. The second kappa shape index (κ2) is 11.7. The van der Waals surface area contributed by atoms with E-state index in [9.17, 15) is 5.11 Å². The molecule has 0 amide bonds. The second-order valence-corrected chi connectivity index (χ2v) is 6.45. The first-order chi connectivity index (χ1) is 10.3. The summed E-state index contributed by atoms with van der Waals surface area (Å²) in [4.78, 5) is 1.23. The molecule has 2 atom stereocenters. The van der Waals surface area contributed by atoms with Crippen LogP contribution in [0.1, 0.15) is 46.0 Å². The van der Waals surface area contributed by atoms with Crippen molar-refractivity contribution in [3.05, 3.63) is 42.7 Å². The quantitative estimate of drug-likeness (QED) is 0.353. The van der Waals surface area contributed by atoms with Gasteiger partial charge in [-0.1, -0.05) is 44.4 Å². The maximum absolute atomic E-state index is 10.2. The molecule has 0 spiro atoms. The summed E-state index contributed by atoms with van der Waals surface area (Å²) in [5.74, 6) is 0. The summed E-state index contributed by atoms with van der Waals surface area (Å²) in [6.45, 7) is 4.84. The average Bonchev–Trinajstić information content (AvgIpc) is 2.48. The van der Waals surface area contributed by atoms with E-state index in [1.54, 1.807) is 18.0 Å². The zero-order valence-corrected chi connectivity index (χ0v) is 14.0. The van der Waals surface area contributed by atoms with Gasteiger partial charge >= 0.3 is 0 Å². The van der Waals surface area contributed by atoms with Crippen molar-refractivity contribution in [1.82, 2.24) is 0 Å². The number of benzene rings is 1. The SMILES string of the molecule is CCCCCC(O)CC(C=COCC)Sc1ccccc1. The van der Waals surface area contributed by atoms with E-state index in [1.165, 1.54) is 17.7 Å². The number of hydrogen-bond acceptors (Lipinski definition) is 3. The molecule has 2 unspecified atom stereocenters. The van der Waals surface area contributed by atoms with Crippen LogP contribution in [0, 0.1) is 0 Å². The highest BCUT2D eigenvalue weighted by molar-refractivity contribution is 8.00. The van der Waals surface area contributed by atoms with Gasteiger partial charge in [0, 0.05) is 10.1 Å². The van der Waals surface area contributed by atoms with Gasteiger partial charge in [0.1, 0.15) is 0 Å². The Hall–Kier alpha value is -0.930. The van der Waals surface area contributed by atoms with Gasteiger partial charge in [0.15, 0.2) is 0 Å². The van der Waals surface area contributed by atoms with Crippen molar-refractivity contribution in [3.8, 4) is 0 Å². The van der Waals surface area contributed by atoms with Crippen molar-refractivity contribution < 1.29 is 9.84 Å². The predicted molar refractivity (Wildman–Crippen MR) is 91.6 cm³/mol. The molecule has 21 heavy (non-hydrogen) atoms. The number of ether oxygens (including phenoxy) is 1. The van der Waals surface area contributed by atoms with E-state index in [0.29, 0.717) is 6.61 Å². The summed E-state index contributed by atoms with van der Waals surface area (Å²) in [7, 11) is 0. The van der Waals surface area contributed by atoms with Crippen LogP contribution in [0.4, 0.5) is 0 Å². The molecule has 3 heteroatoms. The summed E-state index contributed by atoms with van der Waals surface area (Å²) in [5.41, 5.74) is 0. The van der Waals surface area contributed by atoms with E-state index in [0.717, 1.165) is 19.3 Å². The number of thioether (sulfide) groups is 1. The van der Waals surface area contributed by atoms with Gasteiger partial charge in [0.2, 0.25) is 0 Å². The average molecular weight is 308 g/mol. The third-order valence-electron chi connectivity index (χ3n) is 3.23. The normalized spacial score (nSPS) is 14.2. The number of unbranched alkanes of at least 4 members (excludes halogenated alkanes) is 2. The van der Waals surface area contributed by atoms with Gasteiger partial charge in [0.05, 0.1) is 19.0 Å². The minimum atomic E-state index is -0.232. The lowest BCUT2D eigenvalue weighted by Gasteiger charge is -2.17. The highest BCUT2D eigenvalue weighted by Crippen LogP contribution is 2.28. The van der Waals surface area contributed by atoms with E-state index >= 15 is 0 Å². The third kappa shape index (κ3) is 8.84. The summed E-state index contributed by atoms with van der Waals surface area (Å²) in [5, 5.41) is 10.4. The van der Waals surface area contributed by atoms with Crippen molar-refractivity contribution in [2.75, 3.05) is 6.61 Å². The minimum Gasteiger partial charge on any atom is -0.502 e. The monoisotopic (exact) mass is 308 g/mol. The van der Waals surface area contributed by atoms with Crippen molar-refractivity contribution in [1.29, 1.82) is 0 Å². The fourth-order valence-corrected chi connectivity index (χ4v) is 3.22. The van der Waals surface area contributed by atoms with E-state index in [4.69, 9.17) is 4.74 Å². The van der Waals surface area contributed by atoms with Gasteiger partial charge in [0.25, 0.3) is 0 Å². The Balaban J connectivity index is 2.51. The maximum atomic E-state index is 10.2. The van der Waals surface area contributed by atoms with Crippen LogP contribution in [0.5, 0.6) is 0 Å². The van der Waals surface area contributed by atoms with Crippen molar-refractivity contribution in [3.63, 3.8) is 0 Å². The van der Waals surface area contributed by atoms with E-state index in [-0.39, 0.29) is 11.4 Å². The number of hydrogen-bond donors (Lipinski definition) is 1. The molecular formula is C18H28O2S. The lowest BCUT2D eigenvalue weighted by molar-refractivity contribution is 0.153. The molecule has 2 nitrogen and oxygen atoms in total. The van der Waals surface area contributed by atoms with Crippen LogP contribution in [0.25, 0.3) is 0 Å². The molecular weight excluding hydrogens is 280 g/mol. The molecule has 0 heterocycles. The first-order valence-corrected chi connectivity index (χ1v) is 8.82. The third-order valence-corrected chi connectivity index (χ3v) is 4.43. The zero-order chi connectivity index (χ0) is 15.3. The van der Waals surface area contributed by atoms with Crippen LogP contribution in [0.2, 0.25) is 0 Å². The van der Waals surface area contributed by atoms with Crippen LogP contribution in [-0.4, -0.2) is 23.1 Å². The van der Waals surface area contributed by atoms with Crippen LogP contribution < -0.4 is 0 Å². The zero-order valence-electron chi connectivity index (χ0n) is 13.2. The Bertz CT molecular complexity index is 378. The van der Waals surface area contributed by atoms with Crippen LogP contribution in [0.3, 0.4) is 0 Å². The molecule has 118 valence electrons. The molecule has 1 N–H and O–H groups in total. The molecule has 0 saturated heterocycles. The predicted octanol–water partition coefficient (Wildman–Crippen LogP) is 5.03. The van der Waals surface area contributed by atoms with Gasteiger partial charge in [-0.2, -0.15) is 0 Å². The maximum Gasteiger partial charge on any atom is 0.0845 e. The minimum absolute atomic E-state index is 0.232. The Morgan fingerprint density at radius 2 is 1.95 bits per heavy atom. The first-order valence-electron chi connectivity index (χ1n) is 7.94. The van der Waals surface area contributed by atoms with Crippen LogP contribution >= 0.6 is 11.8 Å². The molecule has 1 rings (SSSR count). The largest absolute Gasteiger partial charge is 0.502 e. The van der Waals surface area contributed by atoms with Crippen LogP contribution in [0.15, 0.2) is 47.6 Å². The van der Waals surface area contributed by atoms with E-state index < -0.39 is 0 Å². The lowest BCUT2D eigenvalue weighted by atomic mass is 10.1. The summed E-state index contributed by atoms with van der Waals surface area (Å²) >= 11 is 1.78. The van der Waals surface area contributed by atoms with Gasteiger partial charge in [-0.05, 0) is 38.0 Å². The number of rotatable bonds is 11. The fraction of sp³-hybridized carbons (Fsp3) is 0.556. The van der Waals surface area contributed by atoms with E-state index in [1.807, 2.05) is 25.1 Å². The molecule has 1 aromatic rings. The molecule has 0 aliphatic heterocycles. The first kappa shape index (κ1) is 18.1.